The SMILES string of the molecule is O=S1(=O)OC[C@H]2[C@H](CO1)[C@@]1(Cl)C(Cl)=C(Cl)[C@]2(Cl)C1(Cl)Cl. The van der Waals surface area contributed by atoms with Crippen LogP contribution in [-0.2, 0) is 18.8 Å². The number of hydrogen-bond acceptors (Lipinski definition) is 4. The Balaban J connectivity index is 2.19. The minimum atomic E-state index is -4.11. The standard InChI is InChI=1S/C9H6Cl6O4S/c10-5-6(11)8(13)4-2-19-20(16,17)18-1-3(4)7(5,12)9(8,14)15/h3-4H,1-2H2/t3-,4-,7-,8+/m0/s1. The third-order valence-corrected chi connectivity index (χ3v) is 9.24. The molecule has 0 amide bonds. The fourth-order valence-corrected chi connectivity index (χ4v) is 6.77. The van der Waals surface area contributed by atoms with Gasteiger partial charge in [0.25, 0.3) is 0 Å². The summed E-state index contributed by atoms with van der Waals surface area (Å²) >= 11 is 38.0. The second-order valence-corrected chi connectivity index (χ2v) is 9.38. The molecule has 11 heteroatoms. The van der Waals surface area contributed by atoms with Crippen molar-refractivity contribution in [1.29, 1.82) is 0 Å². The van der Waals surface area contributed by atoms with E-state index in [0.717, 1.165) is 0 Å². The Kier molecular flexibility index (Phi) is 3.61. The molecule has 114 valence electrons. The predicted molar refractivity (Wildman–Crippen MR) is 78.1 cm³/mol. The molecule has 3 rings (SSSR count). The molecule has 3 aliphatic rings. The third-order valence-electron chi connectivity index (χ3n) is 4.04. The fourth-order valence-electron chi connectivity index (χ4n) is 3.01. The molecule has 0 N–H and O–H groups in total. The van der Waals surface area contributed by atoms with Gasteiger partial charge in [0.1, 0.15) is 9.75 Å². The first kappa shape index (κ1) is 16.2. The molecule has 0 radical (unpaired) electrons. The van der Waals surface area contributed by atoms with Crippen LogP contribution in [0, 0.1) is 11.8 Å². The monoisotopic (exact) mass is 420 g/mol. The fraction of sp³-hybridized carbons (Fsp3) is 0.778. The van der Waals surface area contributed by atoms with Crippen molar-refractivity contribution >= 4 is 80.0 Å². The number of rotatable bonds is 0. The molecule has 4 atom stereocenters. The minimum absolute atomic E-state index is 0.00461. The highest BCUT2D eigenvalue weighted by atomic mass is 35.5. The Hall–Kier alpha value is 1.35. The topological polar surface area (TPSA) is 52.6 Å². The van der Waals surface area contributed by atoms with Gasteiger partial charge >= 0.3 is 10.4 Å². The van der Waals surface area contributed by atoms with Crippen LogP contribution in [0.2, 0.25) is 0 Å². The molecule has 1 saturated carbocycles. The number of halogens is 6. The molecule has 0 unspecified atom stereocenters. The largest absolute Gasteiger partial charge is 0.399 e. The summed E-state index contributed by atoms with van der Waals surface area (Å²) in [4.78, 5) is -3.07. The summed E-state index contributed by atoms with van der Waals surface area (Å²) in [6.07, 6.45) is 0. The van der Waals surface area contributed by atoms with E-state index in [1.165, 1.54) is 0 Å². The lowest BCUT2D eigenvalue weighted by Crippen LogP contribution is -2.45. The molecule has 2 bridgehead atoms. The van der Waals surface area contributed by atoms with E-state index in [1.54, 1.807) is 0 Å². The molecule has 1 heterocycles. The summed E-state index contributed by atoms with van der Waals surface area (Å²) in [5, 5.41) is 0.00922. The van der Waals surface area contributed by atoms with E-state index < -0.39 is 36.3 Å². The van der Waals surface area contributed by atoms with Crippen molar-refractivity contribution in [2.24, 2.45) is 11.8 Å². The Bertz CT molecular complexity index is 574. The Labute approximate surface area is 145 Å². The molecule has 2 fully saturated rings. The molecule has 0 aromatic rings. The van der Waals surface area contributed by atoms with E-state index in [2.05, 4.69) is 0 Å². The molecule has 1 aliphatic heterocycles. The van der Waals surface area contributed by atoms with E-state index in [4.69, 9.17) is 78.0 Å². The van der Waals surface area contributed by atoms with Crippen LogP contribution in [-0.4, -0.2) is 35.7 Å². The van der Waals surface area contributed by atoms with Gasteiger partial charge in [-0.05, 0) is 0 Å². The van der Waals surface area contributed by atoms with Crippen molar-refractivity contribution in [3.8, 4) is 0 Å². The maximum atomic E-state index is 11.4. The van der Waals surface area contributed by atoms with Crippen LogP contribution in [0.1, 0.15) is 0 Å². The minimum Gasteiger partial charge on any atom is -0.248 e. The molecule has 0 aromatic heterocycles. The molecular formula is C9H6Cl6O4S. The molecule has 0 spiro atoms. The zero-order chi connectivity index (χ0) is 15.1. The zero-order valence-electron chi connectivity index (χ0n) is 9.38. The lowest BCUT2D eigenvalue weighted by atomic mass is 9.83. The Morgan fingerprint density at radius 3 is 1.60 bits per heavy atom. The van der Waals surface area contributed by atoms with Gasteiger partial charge in [-0.1, -0.05) is 46.4 Å². The predicted octanol–water partition coefficient (Wildman–Crippen LogP) is 3.36. The van der Waals surface area contributed by atoms with Crippen molar-refractivity contribution in [2.75, 3.05) is 13.2 Å². The zero-order valence-corrected chi connectivity index (χ0v) is 14.7. The van der Waals surface area contributed by atoms with Gasteiger partial charge in [0.2, 0.25) is 0 Å². The van der Waals surface area contributed by atoms with Crippen molar-refractivity contribution < 1.29 is 16.8 Å². The highest BCUT2D eigenvalue weighted by Crippen LogP contribution is 2.76. The second kappa shape index (κ2) is 4.46. The lowest BCUT2D eigenvalue weighted by Gasteiger charge is -2.33. The maximum absolute atomic E-state index is 11.4. The van der Waals surface area contributed by atoms with Gasteiger partial charge in [0, 0.05) is 11.8 Å². The van der Waals surface area contributed by atoms with Crippen molar-refractivity contribution in [1.82, 2.24) is 0 Å². The Morgan fingerprint density at radius 1 is 0.900 bits per heavy atom. The lowest BCUT2D eigenvalue weighted by molar-refractivity contribution is 0.207. The van der Waals surface area contributed by atoms with E-state index >= 15 is 0 Å². The summed E-state index contributed by atoms with van der Waals surface area (Å²) in [6, 6.07) is 0. The van der Waals surface area contributed by atoms with E-state index in [0.29, 0.717) is 0 Å². The van der Waals surface area contributed by atoms with E-state index in [9.17, 15) is 8.42 Å². The van der Waals surface area contributed by atoms with Crippen molar-refractivity contribution in [2.45, 2.75) is 14.1 Å². The summed E-state index contributed by atoms with van der Waals surface area (Å²) < 4.78 is 30.5. The molecule has 20 heavy (non-hydrogen) atoms. The summed E-state index contributed by atoms with van der Waals surface area (Å²) in [6.45, 7) is -0.598. The van der Waals surface area contributed by atoms with Crippen LogP contribution in [0.15, 0.2) is 10.1 Å². The van der Waals surface area contributed by atoms with E-state index in [-0.39, 0.29) is 23.3 Å². The molecule has 2 aliphatic carbocycles. The summed E-state index contributed by atoms with van der Waals surface area (Å²) in [5.74, 6) is -1.33. The number of allylic oxidation sites excluding steroid dienone is 2. The van der Waals surface area contributed by atoms with Gasteiger partial charge in [0.05, 0.1) is 23.3 Å². The molecule has 4 nitrogen and oxygen atoms in total. The first-order valence-electron chi connectivity index (χ1n) is 5.36. The van der Waals surface area contributed by atoms with Gasteiger partial charge in [-0.25, -0.2) is 8.37 Å². The van der Waals surface area contributed by atoms with Crippen LogP contribution in [0.25, 0.3) is 0 Å². The average Bonchev–Trinajstić information content (AvgIpc) is 2.52. The number of alkyl halides is 4. The smallest absolute Gasteiger partial charge is 0.248 e. The van der Waals surface area contributed by atoms with Gasteiger partial charge in [-0.15, -0.1) is 23.2 Å². The summed E-state index contributed by atoms with van der Waals surface area (Å²) in [7, 11) is -4.11. The molecule has 0 aromatic carbocycles. The van der Waals surface area contributed by atoms with Gasteiger partial charge in [-0.3, -0.25) is 0 Å². The second-order valence-electron chi connectivity index (χ2n) is 4.82. The molecule has 1 saturated heterocycles. The first-order chi connectivity index (χ1) is 9.00. The Morgan fingerprint density at radius 2 is 1.25 bits per heavy atom. The maximum Gasteiger partial charge on any atom is 0.399 e. The van der Waals surface area contributed by atoms with Gasteiger partial charge < -0.3 is 0 Å². The normalized spacial score (nSPS) is 49.1. The van der Waals surface area contributed by atoms with Gasteiger partial charge in [0.15, 0.2) is 4.33 Å². The highest BCUT2D eigenvalue weighted by Gasteiger charge is 2.82. The van der Waals surface area contributed by atoms with Crippen LogP contribution in [0.5, 0.6) is 0 Å². The van der Waals surface area contributed by atoms with Crippen LogP contribution in [0.4, 0.5) is 0 Å². The van der Waals surface area contributed by atoms with E-state index in [1.807, 2.05) is 0 Å². The number of fused-ring (bicyclic) bond motifs is 5. The molecular weight excluding hydrogens is 417 g/mol. The van der Waals surface area contributed by atoms with Crippen LogP contribution in [0.3, 0.4) is 0 Å². The first-order valence-corrected chi connectivity index (χ1v) is 8.96. The quantitative estimate of drug-likeness (QED) is 0.562. The van der Waals surface area contributed by atoms with Crippen LogP contribution >= 0.6 is 69.6 Å². The third kappa shape index (κ3) is 1.62. The average molecular weight is 423 g/mol. The number of hydrogen-bond donors (Lipinski definition) is 0. The van der Waals surface area contributed by atoms with Gasteiger partial charge in [-0.2, -0.15) is 8.42 Å². The van der Waals surface area contributed by atoms with Crippen LogP contribution < -0.4 is 0 Å². The van der Waals surface area contributed by atoms with Crippen molar-refractivity contribution in [3.63, 3.8) is 0 Å². The summed E-state index contributed by atoms with van der Waals surface area (Å²) in [5.41, 5.74) is 0. The van der Waals surface area contributed by atoms with Crippen molar-refractivity contribution in [3.05, 3.63) is 10.1 Å². The highest BCUT2D eigenvalue weighted by molar-refractivity contribution is 7.81.